The molecule has 7 nitrogen and oxygen atoms in total. The van der Waals surface area contributed by atoms with Gasteiger partial charge in [0.05, 0.1) is 7.11 Å². The second-order valence-corrected chi connectivity index (χ2v) is 6.16. The highest BCUT2D eigenvalue weighted by Gasteiger charge is 2.33. The third-order valence-electron chi connectivity index (χ3n) is 3.22. The number of carbonyl (C=O) groups is 1. The van der Waals surface area contributed by atoms with Crippen LogP contribution in [-0.4, -0.2) is 29.8 Å². The van der Waals surface area contributed by atoms with E-state index in [2.05, 4.69) is 5.32 Å². The Kier molecular flexibility index (Phi) is 6.36. The lowest BCUT2D eigenvalue weighted by atomic mass is 9.98. The molecule has 1 aromatic rings. The fraction of sp³-hybridized carbons (Fsp3) is 0.562. The molecular weight excluding hydrogens is 300 g/mol. The molecule has 0 spiro atoms. The number of methoxy groups -OCH3 is 1. The Morgan fingerprint density at radius 3 is 2.26 bits per heavy atom. The van der Waals surface area contributed by atoms with E-state index in [4.69, 9.17) is 9.47 Å². The summed E-state index contributed by atoms with van der Waals surface area (Å²) in [5.74, 6) is 0.638. The van der Waals surface area contributed by atoms with E-state index in [1.807, 2.05) is 0 Å². The molecule has 1 rings (SSSR count). The number of hydrogen-bond acceptors (Lipinski definition) is 5. The van der Waals surface area contributed by atoms with E-state index in [0.29, 0.717) is 11.3 Å². The van der Waals surface area contributed by atoms with Gasteiger partial charge in [0.1, 0.15) is 17.4 Å². The zero-order valence-corrected chi connectivity index (χ0v) is 14.2. The van der Waals surface area contributed by atoms with E-state index in [9.17, 15) is 14.9 Å². The zero-order valence-electron chi connectivity index (χ0n) is 14.2. The van der Waals surface area contributed by atoms with Crippen LogP contribution in [-0.2, 0) is 4.74 Å². The fourth-order valence-corrected chi connectivity index (χ4v) is 2.15. The average Bonchev–Trinajstić information content (AvgIpc) is 2.45. The first-order valence-electron chi connectivity index (χ1n) is 7.45. The van der Waals surface area contributed by atoms with Gasteiger partial charge in [-0.05, 0) is 38.5 Å². The van der Waals surface area contributed by atoms with Crippen molar-refractivity contribution in [3.8, 4) is 5.75 Å². The van der Waals surface area contributed by atoms with E-state index in [1.165, 1.54) is 7.11 Å². The van der Waals surface area contributed by atoms with Crippen LogP contribution < -0.4 is 10.1 Å². The molecule has 0 aliphatic rings. The molecule has 0 fully saturated rings. The van der Waals surface area contributed by atoms with Crippen molar-refractivity contribution in [3.05, 3.63) is 39.9 Å². The van der Waals surface area contributed by atoms with Crippen molar-refractivity contribution in [2.24, 2.45) is 0 Å². The minimum atomic E-state index is -0.948. The SMILES string of the molecule is CC[C@@H]([C@H](NC(=O)OC(C)(C)C)c1ccc(OC)cc1)[N+](=O)[O-]. The third-order valence-corrected chi connectivity index (χ3v) is 3.22. The maximum atomic E-state index is 12.0. The van der Waals surface area contributed by atoms with Gasteiger partial charge < -0.3 is 14.8 Å². The second kappa shape index (κ2) is 7.80. The van der Waals surface area contributed by atoms with Crippen LogP contribution >= 0.6 is 0 Å². The van der Waals surface area contributed by atoms with Gasteiger partial charge in [0, 0.05) is 11.3 Å². The highest BCUT2D eigenvalue weighted by Crippen LogP contribution is 2.24. The first kappa shape index (κ1) is 18.7. The smallest absolute Gasteiger partial charge is 0.408 e. The standard InChI is InChI=1S/C16H24N2O5/c1-6-13(18(20)21)14(17-15(19)23-16(2,3)4)11-7-9-12(22-5)10-8-11/h7-10,13-14H,6H2,1-5H3,(H,17,19)/t13-,14+/m0/s1. The van der Waals surface area contributed by atoms with Gasteiger partial charge >= 0.3 is 6.09 Å². The largest absolute Gasteiger partial charge is 0.497 e. The van der Waals surface area contributed by atoms with Gasteiger partial charge in [0.25, 0.3) is 0 Å². The number of rotatable bonds is 6. The normalized spacial score (nSPS) is 13.8. The molecule has 1 aromatic carbocycles. The maximum Gasteiger partial charge on any atom is 0.408 e. The Hall–Kier alpha value is -2.31. The fourth-order valence-electron chi connectivity index (χ4n) is 2.15. The molecule has 1 N–H and O–H groups in total. The van der Waals surface area contributed by atoms with Crippen LogP contribution in [0, 0.1) is 10.1 Å². The molecule has 2 atom stereocenters. The Bertz CT molecular complexity index is 536. The summed E-state index contributed by atoms with van der Waals surface area (Å²) in [5.41, 5.74) is -0.0505. The highest BCUT2D eigenvalue weighted by atomic mass is 16.6. The van der Waals surface area contributed by atoms with E-state index in [1.54, 1.807) is 52.0 Å². The molecule has 1 amide bonds. The van der Waals surface area contributed by atoms with Crippen LogP contribution in [0.5, 0.6) is 5.75 Å². The number of nitro groups is 1. The predicted octanol–water partition coefficient (Wildman–Crippen LogP) is 3.32. The second-order valence-electron chi connectivity index (χ2n) is 6.16. The van der Waals surface area contributed by atoms with Gasteiger partial charge in [0.15, 0.2) is 0 Å². The molecule has 0 aromatic heterocycles. The van der Waals surface area contributed by atoms with Crippen molar-refractivity contribution >= 4 is 6.09 Å². The molecule has 0 aliphatic heterocycles. The molecular formula is C16H24N2O5. The van der Waals surface area contributed by atoms with Crippen molar-refractivity contribution in [3.63, 3.8) is 0 Å². The maximum absolute atomic E-state index is 12.0. The topological polar surface area (TPSA) is 90.7 Å². The Morgan fingerprint density at radius 1 is 1.30 bits per heavy atom. The summed E-state index contributed by atoms with van der Waals surface area (Å²) in [5, 5.41) is 13.9. The zero-order chi connectivity index (χ0) is 17.6. The Labute approximate surface area is 136 Å². The van der Waals surface area contributed by atoms with Gasteiger partial charge in [-0.25, -0.2) is 4.79 Å². The van der Waals surface area contributed by atoms with Crippen LogP contribution in [0.4, 0.5) is 4.79 Å². The molecule has 128 valence electrons. The summed E-state index contributed by atoms with van der Waals surface area (Å²) in [6.45, 7) is 6.92. The average molecular weight is 324 g/mol. The van der Waals surface area contributed by atoms with Crippen molar-refractivity contribution < 1.29 is 19.2 Å². The summed E-state index contributed by atoms with van der Waals surface area (Å²) < 4.78 is 10.3. The summed E-state index contributed by atoms with van der Waals surface area (Å²) in [6, 6.07) is 5.07. The van der Waals surface area contributed by atoms with Crippen molar-refractivity contribution in [2.45, 2.75) is 51.8 Å². The van der Waals surface area contributed by atoms with E-state index in [-0.39, 0.29) is 11.3 Å². The summed E-state index contributed by atoms with van der Waals surface area (Å²) in [4.78, 5) is 23.0. The summed E-state index contributed by atoms with van der Waals surface area (Å²) in [7, 11) is 1.54. The van der Waals surface area contributed by atoms with Gasteiger partial charge in [-0.3, -0.25) is 10.1 Å². The molecule has 23 heavy (non-hydrogen) atoms. The molecule has 0 heterocycles. The number of amides is 1. The lowest BCUT2D eigenvalue weighted by Crippen LogP contribution is -2.42. The first-order valence-corrected chi connectivity index (χ1v) is 7.45. The number of carbonyl (C=O) groups excluding carboxylic acids is 1. The quantitative estimate of drug-likeness (QED) is 0.640. The minimum Gasteiger partial charge on any atom is -0.497 e. The van der Waals surface area contributed by atoms with Crippen LogP contribution in [0.15, 0.2) is 24.3 Å². The lowest BCUT2D eigenvalue weighted by molar-refractivity contribution is -0.528. The van der Waals surface area contributed by atoms with Gasteiger partial charge in [-0.2, -0.15) is 0 Å². The van der Waals surface area contributed by atoms with Crippen molar-refractivity contribution in [2.75, 3.05) is 7.11 Å². The Morgan fingerprint density at radius 2 is 1.87 bits per heavy atom. The summed E-state index contributed by atoms with van der Waals surface area (Å²) in [6.07, 6.45) is -0.405. The lowest BCUT2D eigenvalue weighted by Gasteiger charge is -2.25. The molecule has 7 heteroatoms. The van der Waals surface area contributed by atoms with Crippen LogP contribution in [0.1, 0.15) is 45.7 Å². The molecule has 0 saturated heterocycles. The number of ether oxygens (including phenoxy) is 2. The van der Waals surface area contributed by atoms with Gasteiger partial charge in [0.2, 0.25) is 6.04 Å². The van der Waals surface area contributed by atoms with Crippen molar-refractivity contribution in [1.82, 2.24) is 5.32 Å². The predicted molar refractivity (Wildman–Crippen MR) is 86.2 cm³/mol. The van der Waals surface area contributed by atoms with Crippen LogP contribution in [0.25, 0.3) is 0 Å². The van der Waals surface area contributed by atoms with Gasteiger partial charge in [-0.15, -0.1) is 0 Å². The number of benzene rings is 1. The van der Waals surface area contributed by atoms with E-state index < -0.39 is 23.8 Å². The van der Waals surface area contributed by atoms with Crippen molar-refractivity contribution in [1.29, 1.82) is 0 Å². The summed E-state index contributed by atoms with van der Waals surface area (Å²) >= 11 is 0. The van der Waals surface area contributed by atoms with Crippen LogP contribution in [0.3, 0.4) is 0 Å². The third kappa shape index (κ3) is 5.77. The molecule has 0 unspecified atom stereocenters. The number of alkyl carbamates (subject to hydrolysis) is 1. The molecule has 0 saturated carbocycles. The number of nitrogens with one attached hydrogen (secondary N) is 1. The number of nitrogens with zero attached hydrogens (tertiary/aromatic N) is 1. The van der Waals surface area contributed by atoms with E-state index >= 15 is 0 Å². The van der Waals surface area contributed by atoms with Crippen LogP contribution in [0.2, 0.25) is 0 Å². The molecule has 0 bridgehead atoms. The monoisotopic (exact) mass is 324 g/mol. The molecule has 0 radical (unpaired) electrons. The van der Waals surface area contributed by atoms with Gasteiger partial charge in [-0.1, -0.05) is 19.1 Å². The van der Waals surface area contributed by atoms with E-state index in [0.717, 1.165) is 0 Å². The number of hydrogen-bond donors (Lipinski definition) is 1. The molecule has 0 aliphatic carbocycles. The highest BCUT2D eigenvalue weighted by molar-refractivity contribution is 5.68. The minimum absolute atomic E-state index is 0.277. The first-order chi connectivity index (χ1) is 10.7. The Balaban J connectivity index is 3.05.